The molecule has 0 bridgehead atoms. The molecule has 1 aromatic carbocycles. The molecule has 0 radical (unpaired) electrons. The summed E-state index contributed by atoms with van der Waals surface area (Å²) in [5, 5.41) is 4.29. The van der Waals surface area contributed by atoms with Gasteiger partial charge in [0.2, 0.25) is 0 Å². The van der Waals surface area contributed by atoms with Crippen LogP contribution in [0.4, 0.5) is 0 Å². The van der Waals surface area contributed by atoms with Gasteiger partial charge in [-0.15, -0.1) is 0 Å². The van der Waals surface area contributed by atoms with Gasteiger partial charge in [-0.2, -0.15) is 0 Å². The smallest absolute Gasteiger partial charge is 0.124 e. The zero-order valence-electron chi connectivity index (χ0n) is 10.7. The quantitative estimate of drug-likeness (QED) is 0.882. The van der Waals surface area contributed by atoms with E-state index in [9.17, 15) is 0 Å². The summed E-state index contributed by atoms with van der Waals surface area (Å²) < 4.78 is 5.48. The summed E-state index contributed by atoms with van der Waals surface area (Å²) in [6.45, 7) is 5.49. The van der Waals surface area contributed by atoms with E-state index in [0.29, 0.717) is 12.0 Å². The summed E-state index contributed by atoms with van der Waals surface area (Å²) in [4.78, 5) is 0. The van der Waals surface area contributed by atoms with Crippen LogP contribution in [-0.2, 0) is 0 Å². The summed E-state index contributed by atoms with van der Waals surface area (Å²) in [5.74, 6) is 1.36. The van der Waals surface area contributed by atoms with Crippen molar-refractivity contribution in [2.75, 3.05) is 13.7 Å². The average molecular weight is 254 g/mol. The molecule has 1 aliphatic rings. The Labute approximate surface area is 108 Å². The van der Waals surface area contributed by atoms with Gasteiger partial charge >= 0.3 is 0 Å². The van der Waals surface area contributed by atoms with Crippen LogP contribution in [0.1, 0.15) is 49.8 Å². The standard InChI is InChI=1S/C14H20ClNO/c1-9(2)14-11(12-5-4-6-16-12)7-10(15)8-13(14)17-3/h7-9,12,16H,4-6H2,1-3H3. The molecule has 1 fully saturated rings. The number of hydrogen-bond acceptors (Lipinski definition) is 2. The zero-order valence-corrected chi connectivity index (χ0v) is 11.5. The lowest BCUT2D eigenvalue weighted by Crippen LogP contribution is -2.15. The summed E-state index contributed by atoms with van der Waals surface area (Å²) in [7, 11) is 1.71. The fourth-order valence-corrected chi connectivity index (χ4v) is 2.85. The Bertz CT molecular complexity index is 397. The summed E-state index contributed by atoms with van der Waals surface area (Å²) >= 11 is 6.18. The van der Waals surface area contributed by atoms with E-state index >= 15 is 0 Å². The van der Waals surface area contributed by atoms with Crippen LogP contribution >= 0.6 is 11.6 Å². The first kappa shape index (κ1) is 12.7. The highest BCUT2D eigenvalue weighted by molar-refractivity contribution is 6.30. The summed E-state index contributed by atoms with van der Waals surface area (Å²) in [5.41, 5.74) is 2.60. The predicted octanol–water partition coefficient (Wildman–Crippen LogP) is 3.90. The van der Waals surface area contributed by atoms with Crippen LogP contribution in [0.15, 0.2) is 12.1 Å². The minimum atomic E-state index is 0.431. The lowest BCUT2D eigenvalue weighted by molar-refractivity contribution is 0.405. The molecule has 0 spiro atoms. The monoisotopic (exact) mass is 253 g/mol. The molecular formula is C14H20ClNO. The second kappa shape index (κ2) is 5.28. The Morgan fingerprint density at radius 2 is 2.18 bits per heavy atom. The van der Waals surface area contributed by atoms with Crippen LogP contribution in [-0.4, -0.2) is 13.7 Å². The van der Waals surface area contributed by atoms with E-state index in [1.165, 1.54) is 24.0 Å². The molecule has 3 heteroatoms. The number of halogens is 1. The molecule has 0 amide bonds. The molecular weight excluding hydrogens is 234 g/mol. The number of methoxy groups -OCH3 is 1. The third-order valence-corrected chi connectivity index (χ3v) is 3.59. The van der Waals surface area contributed by atoms with E-state index in [1.807, 2.05) is 6.07 Å². The molecule has 1 saturated heterocycles. The number of hydrogen-bond donors (Lipinski definition) is 1. The molecule has 1 aromatic rings. The first-order chi connectivity index (χ1) is 8.13. The lowest BCUT2D eigenvalue weighted by Gasteiger charge is -2.21. The fraction of sp³-hybridized carbons (Fsp3) is 0.571. The van der Waals surface area contributed by atoms with Crippen LogP contribution in [0.5, 0.6) is 5.75 Å². The Kier molecular flexibility index (Phi) is 3.95. The van der Waals surface area contributed by atoms with Crippen LogP contribution < -0.4 is 10.1 Å². The Morgan fingerprint density at radius 1 is 1.41 bits per heavy atom. The van der Waals surface area contributed by atoms with Crippen molar-refractivity contribution in [3.63, 3.8) is 0 Å². The molecule has 1 unspecified atom stereocenters. The SMILES string of the molecule is COc1cc(Cl)cc(C2CCCN2)c1C(C)C. The van der Waals surface area contributed by atoms with Crippen LogP contribution in [0.2, 0.25) is 5.02 Å². The van der Waals surface area contributed by atoms with Gasteiger partial charge in [-0.05, 0) is 43.0 Å². The third kappa shape index (κ3) is 2.58. The van der Waals surface area contributed by atoms with Crippen molar-refractivity contribution >= 4 is 11.6 Å². The van der Waals surface area contributed by atoms with E-state index in [1.54, 1.807) is 7.11 Å². The minimum absolute atomic E-state index is 0.431. The van der Waals surface area contributed by atoms with Crippen LogP contribution in [0.3, 0.4) is 0 Å². The van der Waals surface area contributed by atoms with E-state index in [2.05, 4.69) is 25.2 Å². The maximum absolute atomic E-state index is 6.18. The topological polar surface area (TPSA) is 21.3 Å². The number of rotatable bonds is 3. The zero-order chi connectivity index (χ0) is 12.4. The average Bonchev–Trinajstić information content (AvgIpc) is 2.80. The van der Waals surface area contributed by atoms with Gasteiger partial charge in [0.25, 0.3) is 0 Å². The maximum atomic E-state index is 6.18. The highest BCUT2D eigenvalue weighted by atomic mass is 35.5. The van der Waals surface area contributed by atoms with Gasteiger partial charge in [-0.1, -0.05) is 25.4 Å². The van der Waals surface area contributed by atoms with Gasteiger partial charge in [0.15, 0.2) is 0 Å². The molecule has 94 valence electrons. The molecule has 1 aliphatic heterocycles. The highest BCUT2D eigenvalue weighted by Gasteiger charge is 2.23. The van der Waals surface area contributed by atoms with Crippen LogP contribution in [0, 0.1) is 0 Å². The third-order valence-electron chi connectivity index (χ3n) is 3.37. The van der Waals surface area contributed by atoms with Crippen molar-refractivity contribution in [1.82, 2.24) is 5.32 Å². The van der Waals surface area contributed by atoms with Crippen LogP contribution in [0.25, 0.3) is 0 Å². The molecule has 17 heavy (non-hydrogen) atoms. The first-order valence-electron chi connectivity index (χ1n) is 6.24. The lowest BCUT2D eigenvalue weighted by atomic mass is 9.91. The second-order valence-electron chi connectivity index (χ2n) is 4.91. The number of benzene rings is 1. The van der Waals surface area contributed by atoms with Gasteiger partial charge < -0.3 is 10.1 Å². The van der Waals surface area contributed by atoms with Gasteiger partial charge in [-0.25, -0.2) is 0 Å². The van der Waals surface area contributed by atoms with Crippen molar-refractivity contribution in [2.24, 2.45) is 0 Å². The van der Waals surface area contributed by atoms with Crippen molar-refractivity contribution < 1.29 is 4.74 Å². The molecule has 0 aromatic heterocycles. The number of ether oxygens (including phenoxy) is 1. The summed E-state index contributed by atoms with van der Waals surface area (Å²) in [6.07, 6.45) is 2.42. The Hall–Kier alpha value is -0.730. The first-order valence-corrected chi connectivity index (χ1v) is 6.62. The van der Waals surface area contributed by atoms with E-state index in [4.69, 9.17) is 16.3 Å². The summed E-state index contributed by atoms with van der Waals surface area (Å²) in [6, 6.07) is 4.43. The van der Waals surface area contributed by atoms with Crippen molar-refractivity contribution in [3.05, 3.63) is 28.3 Å². The predicted molar refractivity (Wildman–Crippen MR) is 72.1 cm³/mol. The van der Waals surface area contributed by atoms with E-state index in [-0.39, 0.29) is 0 Å². The van der Waals surface area contributed by atoms with Crippen molar-refractivity contribution in [1.29, 1.82) is 0 Å². The Balaban J connectivity index is 2.50. The molecule has 1 N–H and O–H groups in total. The second-order valence-corrected chi connectivity index (χ2v) is 5.35. The molecule has 2 nitrogen and oxygen atoms in total. The van der Waals surface area contributed by atoms with Gasteiger partial charge in [0, 0.05) is 16.6 Å². The van der Waals surface area contributed by atoms with E-state index < -0.39 is 0 Å². The molecule has 0 aliphatic carbocycles. The van der Waals surface area contributed by atoms with Crippen molar-refractivity contribution in [3.8, 4) is 5.75 Å². The normalized spacial score (nSPS) is 19.9. The molecule has 1 atom stereocenters. The highest BCUT2D eigenvalue weighted by Crippen LogP contribution is 2.38. The van der Waals surface area contributed by atoms with E-state index in [0.717, 1.165) is 17.3 Å². The largest absolute Gasteiger partial charge is 0.496 e. The van der Waals surface area contributed by atoms with Gasteiger partial charge in [0.1, 0.15) is 5.75 Å². The maximum Gasteiger partial charge on any atom is 0.124 e. The Morgan fingerprint density at radius 3 is 2.71 bits per heavy atom. The fourth-order valence-electron chi connectivity index (χ4n) is 2.64. The molecule has 0 saturated carbocycles. The molecule has 1 heterocycles. The van der Waals surface area contributed by atoms with Gasteiger partial charge in [0.05, 0.1) is 7.11 Å². The van der Waals surface area contributed by atoms with Gasteiger partial charge in [-0.3, -0.25) is 0 Å². The molecule has 2 rings (SSSR count). The van der Waals surface area contributed by atoms with Crippen molar-refractivity contribution in [2.45, 2.75) is 38.6 Å². The minimum Gasteiger partial charge on any atom is -0.496 e. The number of nitrogens with one attached hydrogen (secondary N) is 1.